The Morgan fingerprint density at radius 2 is 2.03 bits per heavy atom. The van der Waals surface area contributed by atoms with E-state index in [-0.39, 0.29) is 6.61 Å². The van der Waals surface area contributed by atoms with Gasteiger partial charge in [0.25, 0.3) is 0 Å². The summed E-state index contributed by atoms with van der Waals surface area (Å²) in [7, 11) is 0. The number of hydrogen-bond donors (Lipinski definition) is 3. The van der Waals surface area contributed by atoms with E-state index in [0.717, 1.165) is 26.9 Å². The van der Waals surface area contributed by atoms with Crippen molar-refractivity contribution < 1.29 is 9.90 Å². The van der Waals surface area contributed by atoms with Crippen LogP contribution in [-0.4, -0.2) is 27.7 Å². The SMILES string of the molecule is C#Cc1nc(NC(=O)NC(CO)c2ccc(-c3cccc4ncsc34)cc2)cs1. The number of nitrogens with zero attached hydrogens (tertiary/aromatic N) is 2. The molecule has 3 N–H and O–H groups in total. The molecule has 1 unspecified atom stereocenters. The fourth-order valence-corrected chi connectivity index (χ4v) is 4.33. The number of terminal acetylenes is 1. The number of aliphatic hydroxyl groups excluding tert-OH is 1. The van der Waals surface area contributed by atoms with Gasteiger partial charge in [0, 0.05) is 10.9 Å². The third-order valence-electron chi connectivity index (χ3n) is 4.34. The van der Waals surface area contributed by atoms with Gasteiger partial charge in [-0.2, -0.15) is 0 Å². The minimum atomic E-state index is -0.547. The van der Waals surface area contributed by atoms with Gasteiger partial charge < -0.3 is 10.4 Å². The highest BCUT2D eigenvalue weighted by molar-refractivity contribution is 7.17. The lowest BCUT2D eigenvalue weighted by Crippen LogP contribution is -2.34. The lowest BCUT2D eigenvalue weighted by Gasteiger charge is -2.17. The van der Waals surface area contributed by atoms with Crippen LogP contribution in [0.5, 0.6) is 0 Å². The Kier molecular flexibility index (Phi) is 5.53. The lowest BCUT2D eigenvalue weighted by molar-refractivity contribution is 0.225. The summed E-state index contributed by atoms with van der Waals surface area (Å²) in [5, 5.41) is 17.3. The monoisotopic (exact) mass is 420 g/mol. The van der Waals surface area contributed by atoms with Gasteiger partial charge in [0.1, 0.15) is 5.82 Å². The van der Waals surface area contributed by atoms with E-state index >= 15 is 0 Å². The Morgan fingerprint density at radius 1 is 1.21 bits per heavy atom. The van der Waals surface area contributed by atoms with E-state index in [1.165, 1.54) is 11.3 Å². The third-order valence-corrected chi connectivity index (χ3v) is 5.99. The number of carbonyl (C=O) groups excluding carboxylic acids is 1. The van der Waals surface area contributed by atoms with Gasteiger partial charge in [0.05, 0.1) is 28.4 Å². The zero-order valence-corrected chi connectivity index (χ0v) is 16.8. The highest BCUT2D eigenvalue weighted by Crippen LogP contribution is 2.31. The van der Waals surface area contributed by atoms with Crippen molar-refractivity contribution in [3.05, 3.63) is 63.9 Å². The van der Waals surface area contributed by atoms with Crippen LogP contribution in [0.15, 0.2) is 53.4 Å². The second-order valence-electron chi connectivity index (χ2n) is 6.14. The number of thiazole rings is 2. The molecule has 0 spiro atoms. The van der Waals surface area contributed by atoms with Crippen molar-refractivity contribution in [1.82, 2.24) is 15.3 Å². The molecule has 0 saturated carbocycles. The van der Waals surface area contributed by atoms with Crippen molar-refractivity contribution in [2.75, 3.05) is 11.9 Å². The molecule has 1 atom stereocenters. The second-order valence-corrected chi connectivity index (χ2v) is 7.86. The van der Waals surface area contributed by atoms with Gasteiger partial charge >= 0.3 is 6.03 Å². The smallest absolute Gasteiger partial charge is 0.320 e. The first-order valence-electron chi connectivity index (χ1n) is 8.71. The molecule has 6 nitrogen and oxygen atoms in total. The summed E-state index contributed by atoms with van der Waals surface area (Å²) in [6, 6.07) is 12.8. The Bertz CT molecular complexity index is 1190. The third kappa shape index (κ3) is 4.12. The summed E-state index contributed by atoms with van der Waals surface area (Å²) in [5.74, 6) is 2.80. The van der Waals surface area contributed by atoms with Gasteiger partial charge in [-0.1, -0.05) is 36.4 Å². The number of aromatic nitrogens is 2. The fraction of sp³-hybridized carbons (Fsp3) is 0.0952. The number of fused-ring (bicyclic) bond motifs is 1. The average Bonchev–Trinajstić information content (AvgIpc) is 3.41. The molecule has 0 aliphatic rings. The van der Waals surface area contributed by atoms with Gasteiger partial charge in [-0.05, 0) is 23.1 Å². The highest BCUT2D eigenvalue weighted by Gasteiger charge is 2.15. The van der Waals surface area contributed by atoms with Crippen LogP contribution in [0, 0.1) is 12.3 Å². The first-order valence-corrected chi connectivity index (χ1v) is 10.5. The number of aliphatic hydroxyl groups is 1. The van der Waals surface area contributed by atoms with Crippen LogP contribution in [0.4, 0.5) is 10.6 Å². The molecule has 4 aromatic rings. The first kappa shape index (κ1) is 19.1. The average molecular weight is 421 g/mol. The molecule has 0 saturated heterocycles. The quantitative estimate of drug-likeness (QED) is 0.421. The summed E-state index contributed by atoms with van der Waals surface area (Å²) in [6.07, 6.45) is 5.28. The van der Waals surface area contributed by atoms with Crippen LogP contribution < -0.4 is 10.6 Å². The minimum absolute atomic E-state index is 0.232. The number of anilines is 1. The Hall–Kier alpha value is -3.25. The van der Waals surface area contributed by atoms with Gasteiger partial charge in [0.15, 0.2) is 5.01 Å². The topological polar surface area (TPSA) is 87.1 Å². The predicted octanol–water partition coefficient (Wildman–Crippen LogP) is 4.26. The fourth-order valence-electron chi connectivity index (χ4n) is 2.95. The molecule has 144 valence electrons. The molecule has 2 aromatic heterocycles. The van der Waals surface area contributed by atoms with E-state index in [1.54, 1.807) is 16.7 Å². The molecular formula is C21H16N4O2S2. The summed E-state index contributed by atoms with van der Waals surface area (Å²) in [6.45, 7) is -0.232. The number of urea groups is 1. The maximum atomic E-state index is 12.2. The molecular weight excluding hydrogens is 404 g/mol. The van der Waals surface area contributed by atoms with Crippen LogP contribution in [-0.2, 0) is 0 Å². The van der Waals surface area contributed by atoms with E-state index < -0.39 is 12.1 Å². The van der Waals surface area contributed by atoms with E-state index in [0.29, 0.717) is 10.8 Å². The Balaban J connectivity index is 1.48. The van der Waals surface area contributed by atoms with Crippen molar-refractivity contribution in [2.24, 2.45) is 0 Å². The summed E-state index contributed by atoms with van der Waals surface area (Å²) >= 11 is 2.87. The molecule has 0 aliphatic heterocycles. The number of rotatable bonds is 5. The maximum Gasteiger partial charge on any atom is 0.320 e. The Labute approximate surface area is 175 Å². The van der Waals surface area contributed by atoms with Crippen molar-refractivity contribution in [3.63, 3.8) is 0 Å². The van der Waals surface area contributed by atoms with Gasteiger partial charge in [-0.25, -0.2) is 14.8 Å². The molecule has 0 fully saturated rings. The maximum absolute atomic E-state index is 12.2. The summed E-state index contributed by atoms with van der Waals surface area (Å²) in [5.41, 5.74) is 5.76. The molecule has 2 amide bonds. The highest BCUT2D eigenvalue weighted by atomic mass is 32.1. The molecule has 2 heterocycles. The van der Waals surface area contributed by atoms with Crippen LogP contribution in [0.25, 0.3) is 21.3 Å². The number of amides is 2. The van der Waals surface area contributed by atoms with Crippen LogP contribution in [0.2, 0.25) is 0 Å². The van der Waals surface area contributed by atoms with Gasteiger partial charge in [-0.15, -0.1) is 29.1 Å². The van der Waals surface area contributed by atoms with Crippen molar-refractivity contribution >= 4 is 44.7 Å². The Morgan fingerprint density at radius 3 is 2.76 bits per heavy atom. The van der Waals surface area contributed by atoms with Crippen LogP contribution in [0.3, 0.4) is 0 Å². The van der Waals surface area contributed by atoms with Crippen LogP contribution in [0.1, 0.15) is 16.6 Å². The number of nitrogens with one attached hydrogen (secondary N) is 2. The number of hydrogen-bond acceptors (Lipinski definition) is 6. The summed E-state index contributed by atoms with van der Waals surface area (Å²) in [4.78, 5) is 20.7. The zero-order valence-electron chi connectivity index (χ0n) is 15.1. The molecule has 29 heavy (non-hydrogen) atoms. The molecule has 0 radical (unpaired) electrons. The largest absolute Gasteiger partial charge is 0.394 e. The molecule has 2 aromatic carbocycles. The van der Waals surface area contributed by atoms with Crippen molar-refractivity contribution in [2.45, 2.75) is 6.04 Å². The first-order chi connectivity index (χ1) is 14.2. The summed E-state index contributed by atoms with van der Waals surface area (Å²) < 4.78 is 1.13. The molecule has 0 bridgehead atoms. The standard InChI is InChI=1S/C21H16N4O2S2/c1-2-19-24-18(11-28-19)25-21(27)23-17(10-26)14-8-6-13(7-9-14)15-4-3-5-16-20(15)29-12-22-16/h1,3-9,11-12,17,26H,10H2,(H2,23,25,27). The zero-order chi connectivity index (χ0) is 20.2. The normalized spacial score (nSPS) is 11.7. The van der Waals surface area contributed by atoms with Crippen molar-refractivity contribution in [1.29, 1.82) is 0 Å². The van der Waals surface area contributed by atoms with E-state index in [1.807, 2.05) is 41.9 Å². The van der Waals surface area contributed by atoms with Crippen molar-refractivity contribution in [3.8, 4) is 23.5 Å². The predicted molar refractivity (Wildman–Crippen MR) is 117 cm³/mol. The number of carbonyl (C=O) groups is 1. The molecule has 0 aliphatic carbocycles. The van der Waals surface area contributed by atoms with Gasteiger partial charge in [-0.3, -0.25) is 5.32 Å². The van der Waals surface area contributed by atoms with Gasteiger partial charge in [0.2, 0.25) is 0 Å². The minimum Gasteiger partial charge on any atom is -0.394 e. The molecule has 4 rings (SSSR count). The lowest BCUT2D eigenvalue weighted by atomic mass is 10.0. The van der Waals surface area contributed by atoms with E-state index in [2.05, 4.69) is 32.6 Å². The van der Waals surface area contributed by atoms with Crippen LogP contribution >= 0.6 is 22.7 Å². The van der Waals surface area contributed by atoms with E-state index in [4.69, 9.17) is 6.42 Å². The number of benzene rings is 2. The molecule has 8 heteroatoms. The van der Waals surface area contributed by atoms with E-state index in [9.17, 15) is 9.90 Å². The second kappa shape index (κ2) is 8.41.